The van der Waals surface area contributed by atoms with Gasteiger partial charge in [0.05, 0.1) is 0 Å². The van der Waals surface area contributed by atoms with Gasteiger partial charge in [0.1, 0.15) is 0 Å². The van der Waals surface area contributed by atoms with Gasteiger partial charge in [-0.1, -0.05) is 72.8 Å². The van der Waals surface area contributed by atoms with E-state index < -0.39 is 0 Å². The fraction of sp³-hybridized carbons (Fsp3) is 0.231. The standard InChI is InChI=1S/C26H29N3/c1-3-7-25-17-21(9-11-23(25)5-1)19-28-15-13-27-14-16-29-20-22-10-12-24-6-2-4-8-26(24)18-22/h1-12,17-18,27-29H,13-16,19-20H2. The molecule has 0 radical (unpaired) electrons. The first-order valence-electron chi connectivity index (χ1n) is 10.5. The maximum absolute atomic E-state index is 3.52. The fourth-order valence-corrected chi connectivity index (χ4v) is 3.64. The van der Waals surface area contributed by atoms with Crippen LogP contribution in [0.3, 0.4) is 0 Å². The highest BCUT2D eigenvalue weighted by atomic mass is 15.0. The Hall–Kier alpha value is -2.72. The van der Waals surface area contributed by atoms with Gasteiger partial charge in [-0.15, -0.1) is 0 Å². The van der Waals surface area contributed by atoms with E-state index in [-0.39, 0.29) is 0 Å². The lowest BCUT2D eigenvalue weighted by Gasteiger charge is -2.09. The highest BCUT2D eigenvalue weighted by Crippen LogP contribution is 2.16. The molecule has 0 aliphatic heterocycles. The van der Waals surface area contributed by atoms with Crippen molar-refractivity contribution in [2.24, 2.45) is 0 Å². The quantitative estimate of drug-likeness (QED) is 0.354. The molecule has 29 heavy (non-hydrogen) atoms. The summed E-state index contributed by atoms with van der Waals surface area (Å²) in [6.07, 6.45) is 0. The van der Waals surface area contributed by atoms with Crippen molar-refractivity contribution in [1.82, 2.24) is 16.0 Å². The molecule has 148 valence electrons. The molecule has 0 aromatic heterocycles. The summed E-state index contributed by atoms with van der Waals surface area (Å²) in [6.45, 7) is 5.71. The molecule has 3 heteroatoms. The Morgan fingerprint density at radius 1 is 0.414 bits per heavy atom. The molecule has 0 aliphatic rings. The van der Waals surface area contributed by atoms with Crippen LogP contribution in [0.2, 0.25) is 0 Å². The molecule has 0 aliphatic carbocycles. The second kappa shape index (κ2) is 10.2. The van der Waals surface area contributed by atoms with Gasteiger partial charge in [-0.05, 0) is 44.8 Å². The Morgan fingerprint density at radius 3 is 1.31 bits per heavy atom. The lowest BCUT2D eigenvalue weighted by atomic mass is 10.1. The summed E-state index contributed by atoms with van der Waals surface area (Å²) in [5.41, 5.74) is 2.67. The minimum atomic E-state index is 0.909. The molecule has 0 unspecified atom stereocenters. The van der Waals surface area contributed by atoms with Gasteiger partial charge in [0.25, 0.3) is 0 Å². The Balaban J connectivity index is 1.08. The molecular weight excluding hydrogens is 354 g/mol. The fourth-order valence-electron chi connectivity index (χ4n) is 3.64. The van der Waals surface area contributed by atoms with Crippen LogP contribution in [0.25, 0.3) is 21.5 Å². The average Bonchev–Trinajstić information content (AvgIpc) is 2.77. The summed E-state index contributed by atoms with van der Waals surface area (Å²) in [6, 6.07) is 30.4. The van der Waals surface area contributed by atoms with Crippen LogP contribution >= 0.6 is 0 Å². The number of rotatable bonds is 10. The number of fused-ring (bicyclic) bond motifs is 2. The van der Waals surface area contributed by atoms with E-state index in [1.807, 2.05) is 0 Å². The summed E-state index contributed by atoms with van der Waals surface area (Å²) < 4.78 is 0. The van der Waals surface area contributed by atoms with Crippen molar-refractivity contribution in [3.63, 3.8) is 0 Å². The van der Waals surface area contributed by atoms with E-state index >= 15 is 0 Å². The van der Waals surface area contributed by atoms with Gasteiger partial charge in [-0.25, -0.2) is 0 Å². The maximum Gasteiger partial charge on any atom is 0.0206 e. The highest BCUT2D eigenvalue weighted by molar-refractivity contribution is 5.83. The van der Waals surface area contributed by atoms with E-state index in [0.717, 1.165) is 39.3 Å². The lowest BCUT2D eigenvalue weighted by Crippen LogP contribution is -2.32. The smallest absolute Gasteiger partial charge is 0.0206 e. The molecule has 0 fully saturated rings. The minimum absolute atomic E-state index is 0.909. The summed E-state index contributed by atoms with van der Waals surface area (Å²) in [5.74, 6) is 0. The van der Waals surface area contributed by atoms with Crippen LogP contribution in [0, 0.1) is 0 Å². The molecule has 4 aromatic carbocycles. The number of hydrogen-bond acceptors (Lipinski definition) is 3. The van der Waals surface area contributed by atoms with E-state index in [2.05, 4.69) is 101 Å². The molecular formula is C26H29N3. The Labute approximate surface area is 173 Å². The Bertz CT molecular complexity index is 972. The lowest BCUT2D eigenvalue weighted by molar-refractivity contribution is 0.581. The SMILES string of the molecule is c1ccc2cc(CNCCNCCNCc3ccc4ccccc4c3)ccc2c1. The Morgan fingerprint density at radius 2 is 0.828 bits per heavy atom. The third-order valence-corrected chi connectivity index (χ3v) is 5.24. The van der Waals surface area contributed by atoms with Crippen molar-refractivity contribution >= 4 is 21.5 Å². The van der Waals surface area contributed by atoms with Crippen molar-refractivity contribution in [3.05, 3.63) is 96.1 Å². The van der Waals surface area contributed by atoms with Crippen LogP contribution in [0.15, 0.2) is 84.9 Å². The van der Waals surface area contributed by atoms with E-state index in [4.69, 9.17) is 0 Å². The van der Waals surface area contributed by atoms with Crippen LogP contribution in [0.1, 0.15) is 11.1 Å². The van der Waals surface area contributed by atoms with Crippen molar-refractivity contribution < 1.29 is 0 Å². The number of benzene rings is 4. The highest BCUT2D eigenvalue weighted by Gasteiger charge is 1.97. The number of hydrogen-bond donors (Lipinski definition) is 3. The first kappa shape index (κ1) is 19.6. The maximum atomic E-state index is 3.52. The molecule has 4 rings (SSSR count). The average molecular weight is 384 g/mol. The normalized spacial score (nSPS) is 11.3. The summed E-state index contributed by atoms with van der Waals surface area (Å²) in [7, 11) is 0. The largest absolute Gasteiger partial charge is 0.314 e. The van der Waals surface area contributed by atoms with Gasteiger partial charge in [-0.3, -0.25) is 0 Å². The molecule has 0 amide bonds. The van der Waals surface area contributed by atoms with Gasteiger partial charge in [0.15, 0.2) is 0 Å². The topological polar surface area (TPSA) is 36.1 Å². The van der Waals surface area contributed by atoms with Crippen LogP contribution < -0.4 is 16.0 Å². The van der Waals surface area contributed by atoms with E-state index in [1.54, 1.807) is 0 Å². The van der Waals surface area contributed by atoms with Crippen molar-refractivity contribution in [1.29, 1.82) is 0 Å². The second-order valence-corrected chi connectivity index (χ2v) is 7.47. The van der Waals surface area contributed by atoms with Gasteiger partial charge in [0, 0.05) is 39.3 Å². The predicted molar refractivity (Wildman–Crippen MR) is 124 cm³/mol. The predicted octanol–water partition coefficient (Wildman–Crippen LogP) is 4.46. The second-order valence-electron chi connectivity index (χ2n) is 7.47. The minimum Gasteiger partial charge on any atom is -0.314 e. The van der Waals surface area contributed by atoms with Crippen LogP contribution in [0.4, 0.5) is 0 Å². The van der Waals surface area contributed by atoms with Gasteiger partial charge in [-0.2, -0.15) is 0 Å². The molecule has 0 spiro atoms. The van der Waals surface area contributed by atoms with E-state index in [9.17, 15) is 0 Å². The Kier molecular flexibility index (Phi) is 6.87. The summed E-state index contributed by atoms with van der Waals surface area (Å²) in [5, 5.41) is 15.7. The molecule has 0 atom stereocenters. The molecule has 4 aromatic rings. The zero-order valence-electron chi connectivity index (χ0n) is 16.8. The molecule has 3 N–H and O–H groups in total. The molecule has 0 saturated heterocycles. The first-order valence-corrected chi connectivity index (χ1v) is 10.5. The summed E-state index contributed by atoms with van der Waals surface area (Å²) in [4.78, 5) is 0. The van der Waals surface area contributed by atoms with Crippen LogP contribution in [0.5, 0.6) is 0 Å². The van der Waals surface area contributed by atoms with Crippen molar-refractivity contribution in [2.75, 3.05) is 26.2 Å². The molecule has 0 saturated carbocycles. The van der Waals surface area contributed by atoms with Crippen LogP contribution in [-0.4, -0.2) is 26.2 Å². The third-order valence-electron chi connectivity index (χ3n) is 5.24. The zero-order valence-corrected chi connectivity index (χ0v) is 16.8. The van der Waals surface area contributed by atoms with Gasteiger partial charge >= 0.3 is 0 Å². The molecule has 0 bridgehead atoms. The first-order chi connectivity index (χ1) is 14.4. The van der Waals surface area contributed by atoms with E-state index in [0.29, 0.717) is 0 Å². The zero-order chi connectivity index (χ0) is 19.7. The number of nitrogens with one attached hydrogen (secondary N) is 3. The molecule has 0 heterocycles. The third kappa shape index (κ3) is 5.64. The monoisotopic (exact) mass is 383 g/mol. The van der Waals surface area contributed by atoms with E-state index in [1.165, 1.54) is 32.7 Å². The van der Waals surface area contributed by atoms with Crippen LogP contribution in [-0.2, 0) is 13.1 Å². The molecule has 3 nitrogen and oxygen atoms in total. The van der Waals surface area contributed by atoms with Crippen molar-refractivity contribution in [2.45, 2.75) is 13.1 Å². The van der Waals surface area contributed by atoms with Gasteiger partial charge < -0.3 is 16.0 Å². The summed E-state index contributed by atoms with van der Waals surface area (Å²) >= 11 is 0. The van der Waals surface area contributed by atoms with Gasteiger partial charge in [0.2, 0.25) is 0 Å². The van der Waals surface area contributed by atoms with Crippen molar-refractivity contribution in [3.8, 4) is 0 Å².